The number of aromatic carboxylic acids is 1. The van der Waals surface area contributed by atoms with Crippen LogP contribution in [0.5, 0.6) is 0 Å². The third kappa shape index (κ3) is 1.87. The Morgan fingerprint density at radius 1 is 1.62 bits per heavy atom. The van der Waals surface area contributed by atoms with E-state index >= 15 is 0 Å². The first kappa shape index (κ1) is 11.8. The minimum Gasteiger partial charge on any atom is -0.477 e. The van der Waals surface area contributed by atoms with E-state index in [1.165, 1.54) is 0 Å². The van der Waals surface area contributed by atoms with Gasteiger partial charge in [-0.25, -0.2) is 13.6 Å². The van der Waals surface area contributed by atoms with Crippen LogP contribution in [0.2, 0.25) is 0 Å². The fraction of sp³-hybridized carbons (Fsp3) is 0.143. The van der Waals surface area contributed by atoms with Crippen LogP contribution in [0.15, 0.2) is 6.20 Å². The number of aromatic nitrogens is 1. The molecule has 0 atom stereocenters. The number of nitrogens with two attached hydrogens (primary N) is 1. The maximum absolute atomic E-state index is 12.3. The molecule has 16 heavy (non-hydrogen) atoms. The van der Waals surface area contributed by atoms with Gasteiger partial charge in [0.15, 0.2) is 11.8 Å². The van der Waals surface area contributed by atoms with Crippen molar-refractivity contribution in [3.8, 4) is 0 Å². The van der Waals surface area contributed by atoms with Crippen LogP contribution in [-0.4, -0.2) is 21.0 Å². The van der Waals surface area contributed by atoms with E-state index in [-0.39, 0.29) is 0 Å². The van der Waals surface area contributed by atoms with Gasteiger partial charge in [-0.3, -0.25) is 0 Å². The predicted molar refractivity (Wildman–Crippen MR) is 47.2 cm³/mol. The van der Waals surface area contributed by atoms with E-state index < -0.39 is 40.0 Å². The van der Waals surface area contributed by atoms with Crippen molar-refractivity contribution in [2.75, 3.05) is 5.73 Å². The van der Waals surface area contributed by atoms with Crippen LogP contribution in [0.4, 0.5) is 20.3 Å². The monoisotopic (exact) mass is 233 g/mol. The van der Waals surface area contributed by atoms with Gasteiger partial charge in [0, 0.05) is 0 Å². The summed E-state index contributed by atoms with van der Waals surface area (Å²) in [6.07, 6.45) is -2.56. The van der Waals surface area contributed by atoms with Crippen molar-refractivity contribution in [2.24, 2.45) is 0 Å². The molecule has 0 radical (unpaired) electrons. The molecule has 0 fully saturated rings. The van der Waals surface area contributed by atoms with Crippen LogP contribution in [0.1, 0.15) is 22.3 Å². The van der Waals surface area contributed by atoms with Crippen LogP contribution in [0.3, 0.4) is 0 Å². The highest BCUT2D eigenvalue weighted by Gasteiger charge is 2.29. The van der Waals surface area contributed by atoms with E-state index in [2.05, 4.69) is 4.98 Å². The molecule has 0 aliphatic rings. The van der Waals surface area contributed by atoms with Crippen molar-refractivity contribution in [1.82, 2.24) is 4.98 Å². The summed E-state index contributed by atoms with van der Waals surface area (Å²) in [6, 6.07) is 0. The lowest BCUT2D eigenvalue weighted by Crippen LogP contribution is -2.11. The summed E-state index contributed by atoms with van der Waals surface area (Å²) in [5, 5.41) is 19.0. The lowest BCUT2D eigenvalue weighted by molar-refractivity contribution is -0.389. The molecule has 7 nitrogen and oxygen atoms in total. The van der Waals surface area contributed by atoms with E-state index in [0.717, 1.165) is 0 Å². The summed E-state index contributed by atoms with van der Waals surface area (Å²) in [5.41, 5.74) is 2.41. The molecule has 0 amide bonds. The van der Waals surface area contributed by atoms with Gasteiger partial charge in [0.25, 0.3) is 6.43 Å². The van der Waals surface area contributed by atoms with E-state index in [9.17, 15) is 23.7 Å². The maximum atomic E-state index is 12.3. The Morgan fingerprint density at radius 2 is 2.19 bits per heavy atom. The Hall–Kier alpha value is -2.32. The fourth-order valence-electron chi connectivity index (χ4n) is 1.05. The molecular weight excluding hydrogens is 228 g/mol. The van der Waals surface area contributed by atoms with Gasteiger partial charge in [0.1, 0.15) is 0 Å². The number of nitrogen functional groups attached to an aromatic ring is 1. The topological polar surface area (TPSA) is 119 Å². The number of carboxylic acid groups (broad SMARTS) is 1. The molecule has 0 saturated heterocycles. The van der Waals surface area contributed by atoms with Gasteiger partial charge >= 0.3 is 11.8 Å². The molecule has 1 aromatic rings. The standard InChI is InChI=1S/C7H5F2N3O4/c8-5(9)2-1-11-6(12(15)16)3(4(2)10)7(13)14/h1,5H,(H2,10,11)(H,13,14). The molecule has 0 saturated carbocycles. The zero-order chi connectivity index (χ0) is 12.5. The molecule has 86 valence electrons. The number of alkyl halides is 2. The summed E-state index contributed by atoms with van der Waals surface area (Å²) in [5.74, 6) is -2.84. The van der Waals surface area contributed by atoms with Crippen LogP contribution >= 0.6 is 0 Å². The van der Waals surface area contributed by atoms with Crippen molar-refractivity contribution in [1.29, 1.82) is 0 Å². The molecule has 1 aromatic heterocycles. The highest BCUT2D eigenvalue weighted by molar-refractivity contribution is 5.98. The lowest BCUT2D eigenvalue weighted by Gasteiger charge is -2.05. The van der Waals surface area contributed by atoms with E-state index in [0.29, 0.717) is 6.20 Å². The first-order valence-corrected chi connectivity index (χ1v) is 3.80. The Balaban J connectivity index is 3.54. The number of halogens is 2. The second kappa shape index (κ2) is 4.04. The average Bonchev–Trinajstić information content (AvgIpc) is 2.15. The summed E-state index contributed by atoms with van der Waals surface area (Å²) in [4.78, 5) is 23.0. The van der Waals surface area contributed by atoms with E-state index in [1.54, 1.807) is 0 Å². The number of pyridine rings is 1. The van der Waals surface area contributed by atoms with E-state index in [1.807, 2.05) is 0 Å². The smallest absolute Gasteiger partial charge is 0.380 e. The van der Waals surface area contributed by atoms with Gasteiger partial charge in [0.05, 0.1) is 11.3 Å². The third-order valence-electron chi connectivity index (χ3n) is 1.75. The average molecular weight is 233 g/mol. The first-order chi connectivity index (χ1) is 7.36. The van der Waals surface area contributed by atoms with Gasteiger partial charge in [-0.15, -0.1) is 0 Å². The second-order valence-electron chi connectivity index (χ2n) is 2.69. The van der Waals surface area contributed by atoms with Crippen LogP contribution in [0, 0.1) is 10.1 Å². The molecule has 1 heterocycles. The summed E-state index contributed by atoms with van der Waals surface area (Å²) < 4.78 is 24.6. The molecule has 0 bridgehead atoms. The first-order valence-electron chi connectivity index (χ1n) is 3.80. The number of carboxylic acids is 1. The van der Waals surface area contributed by atoms with Crippen molar-refractivity contribution in [2.45, 2.75) is 6.43 Å². The molecule has 3 N–H and O–H groups in total. The largest absolute Gasteiger partial charge is 0.477 e. The quantitative estimate of drug-likeness (QED) is 0.598. The lowest BCUT2D eigenvalue weighted by atomic mass is 10.1. The number of carbonyl (C=O) groups is 1. The third-order valence-corrected chi connectivity index (χ3v) is 1.75. The van der Waals surface area contributed by atoms with Crippen molar-refractivity contribution < 1.29 is 23.6 Å². The molecular formula is C7H5F2N3O4. The van der Waals surface area contributed by atoms with Crippen LogP contribution < -0.4 is 5.73 Å². The van der Waals surface area contributed by atoms with Gasteiger partial charge in [-0.1, -0.05) is 0 Å². The van der Waals surface area contributed by atoms with Gasteiger partial charge < -0.3 is 21.0 Å². The van der Waals surface area contributed by atoms with Crippen molar-refractivity contribution in [3.63, 3.8) is 0 Å². The summed E-state index contributed by atoms with van der Waals surface area (Å²) in [6.45, 7) is 0. The molecule has 0 unspecified atom stereocenters. The second-order valence-corrected chi connectivity index (χ2v) is 2.69. The summed E-state index contributed by atoms with van der Waals surface area (Å²) >= 11 is 0. The normalized spacial score (nSPS) is 10.4. The fourth-order valence-corrected chi connectivity index (χ4v) is 1.05. The molecule has 9 heteroatoms. The number of hydrogen-bond donors (Lipinski definition) is 2. The minimum absolute atomic E-state index is 0.491. The van der Waals surface area contributed by atoms with Crippen LogP contribution in [-0.2, 0) is 0 Å². The Morgan fingerprint density at radius 3 is 2.56 bits per heavy atom. The molecule has 0 aromatic carbocycles. The van der Waals surface area contributed by atoms with Gasteiger partial charge in [0.2, 0.25) is 0 Å². The zero-order valence-electron chi connectivity index (χ0n) is 7.55. The maximum Gasteiger partial charge on any atom is 0.380 e. The molecule has 0 aliphatic carbocycles. The Kier molecular flexibility index (Phi) is 2.97. The number of anilines is 1. The number of nitro groups is 1. The Bertz CT molecular complexity index is 463. The molecule has 1 rings (SSSR count). The van der Waals surface area contributed by atoms with E-state index in [4.69, 9.17) is 10.8 Å². The minimum atomic E-state index is -3.05. The van der Waals surface area contributed by atoms with Crippen molar-refractivity contribution in [3.05, 3.63) is 27.4 Å². The molecule has 0 aliphatic heterocycles. The predicted octanol–water partition coefficient (Wildman–Crippen LogP) is 1.21. The molecule has 0 spiro atoms. The highest BCUT2D eigenvalue weighted by Crippen LogP contribution is 2.31. The highest BCUT2D eigenvalue weighted by atomic mass is 19.3. The van der Waals surface area contributed by atoms with Gasteiger partial charge in [-0.2, -0.15) is 0 Å². The Labute approximate surface area is 86.7 Å². The summed E-state index contributed by atoms with van der Waals surface area (Å²) in [7, 11) is 0. The number of nitrogens with zero attached hydrogens (tertiary/aromatic N) is 2. The van der Waals surface area contributed by atoms with Crippen LogP contribution in [0.25, 0.3) is 0 Å². The number of rotatable bonds is 3. The zero-order valence-corrected chi connectivity index (χ0v) is 7.55. The van der Waals surface area contributed by atoms with Crippen molar-refractivity contribution >= 4 is 17.5 Å². The van der Waals surface area contributed by atoms with Gasteiger partial charge in [-0.05, 0) is 9.91 Å². The number of hydrogen-bond acceptors (Lipinski definition) is 5. The SMILES string of the molecule is Nc1c(C(F)F)cnc([N+](=O)[O-])c1C(=O)O.